The first-order chi connectivity index (χ1) is 9.70. The smallest absolute Gasteiger partial charge is 0.175 e. The largest absolute Gasteiger partial charge is 0.224 e. The Kier molecular flexibility index (Phi) is 4.81. The number of hydrogen-bond acceptors (Lipinski definition) is 2. The van der Waals surface area contributed by atoms with Crippen LogP contribution in [0.3, 0.4) is 0 Å². The molecule has 0 amide bonds. The van der Waals surface area contributed by atoms with Gasteiger partial charge in [-0.3, -0.25) is 0 Å². The van der Waals surface area contributed by atoms with E-state index in [2.05, 4.69) is 22.0 Å². The number of hydrogen-bond donors (Lipinski definition) is 0. The van der Waals surface area contributed by atoms with Crippen molar-refractivity contribution in [1.29, 1.82) is 0 Å². The summed E-state index contributed by atoms with van der Waals surface area (Å²) in [5.41, 5.74) is 4.27. The second-order valence-electron chi connectivity index (χ2n) is 5.16. The van der Waals surface area contributed by atoms with Gasteiger partial charge in [-0.2, -0.15) is 0 Å². The number of benzene rings is 2. The van der Waals surface area contributed by atoms with Crippen LogP contribution in [-0.2, 0) is 9.84 Å². The Labute approximate surface area is 139 Å². The van der Waals surface area contributed by atoms with Crippen molar-refractivity contribution >= 4 is 37.4 Å². The molecule has 2 aromatic carbocycles. The fourth-order valence-corrected chi connectivity index (χ4v) is 3.83. The fraction of sp³-hybridized carbons (Fsp3) is 0.250. The Hall–Kier alpha value is -0.840. The zero-order chi connectivity index (χ0) is 15.8. The Balaban J connectivity index is 2.41. The molecule has 0 aliphatic carbocycles. The first kappa shape index (κ1) is 16.5. The van der Waals surface area contributed by atoms with E-state index in [0.29, 0.717) is 9.92 Å². The van der Waals surface area contributed by atoms with Crippen LogP contribution in [-0.4, -0.2) is 14.7 Å². The predicted octanol–water partition coefficient (Wildman–Crippen LogP) is 4.84. The summed E-state index contributed by atoms with van der Waals surface area (Å²) in [4.78, 5) is 0.245. The normalized spacial score (nSPS) is 13.2. The quantitative estimate of drug-likeness (QED) is 0.706. The Morgan fingerprint density at radius 3 is 2.10 bits per heavy atom. The van der Waals surface area contributed by atoms with Crippen LogP contribution in [0.15, 0.2) is 41.3 Å². The Morgan fingerprint density at radius 2 is 1.57 bits per heavy atom. The maximum Gasteiger partial charge on any atom is 0.175 e. The highest BCUT2D eigenvalue weighted by Gasteiger charge is 2.16. The van der Waals surface area contributed by atoms with E-state index in [1.54, 1.807) is 24.3 Å². The number of aryl methyl sites for hydroxylation is 2. The third kappa shape index (κ3) is 3.68. The first-order valence-electron chi connectivity index (χ1n) is 6.41. The Bertz CT molecular complexity index is 768. The third-order valence-corrected chi connectivity index (χ3v) is 5.96. The lowest BCUT2D eigenvalue weighted by molar-refractivity contribution is 0.602. The molecule has 0 aliphatic heterocycles. The van der Waals surface area contributed by atoms with Crippen molar-refractivity contribution < 1.29 is 8.42 Å². The Morgan fingerprint density at radius 1 is 1.05 bits per heavy atom. The molecular formula is C16H16BrClO2S. The summed E-state index contributed by atoms with van der Waals surface area (Å²) in [6, 6.07) is 10.9. The molecule has 112 valence electrons. The van der Waals surface area contributed by atoms with Gasteiger partial charge in [-0.05, 0) is 54.3 Å². The lowest BCUT2D eigenvalue weighted by Crippen LogP contribution is -1.99. The van der Waals surface area contributed by atoms with Gasteiger partial charge in [0, 0.05) is 11.3 Å². The van der Waals surface area contributed by atoms with Gasteiger partial charge in [0.2, 0.25) is 0 Å². The monoisotopic (exact) mass is 386 g/mol. The van der Waals surface area contributed by atoms with Crippen molar-refractivity contribution in [2.24, 2.45) is 0 Å². The van der Waals surface area contributed by atoms with Gasteiger partial charge in [-0.25, -0.2) is 8.42 Å². The predicted molar refractivity (Wildman–Crippen MR) is 91.2 cm³/mol. The van der Waals surface area contributed by atoms with Gasteiger partial charge in [0.15, 0.2) is 9.84 Å². The van der Waals surface area contributed by atoms with E-state index in [4.69, 9.17) is 11.6 Å². The summed E-state index contributed by atoms with van der Waals surface area (Å²) in [7, 11) is -3.17. The number of rotatable bonds is 3. The zero-order valence-corrected chi connectivity index (χ0v) is 15.2. The summed E-state index contributed by atoms with van der Waals surface area (Å²) < 4.78 is 23.0. The molecule has 0 bridgehead atoms. The minimum atomic E-state index is -3.17. The van der Waals surface area contributed by atoms with Gasteiger partial charge in [0.05, 0.1) is 9.72 Å². The molecule has 0 fully saturated rings. The molecule has 0 saturated heterocycles. The molecule has 5 heteroatoms. The molecule has 0 spiro atoms. The van der Waals surface area contributed by atoms with E-state index in [1.807, 2.05) is 19.9 Å². The highest BCUT2D eigenvalue weighted by molar-refractivity contribution is 9.09. The highest BCUT2D eigenvalue weighted by atomic mass is 79.9. The van der Waals surface area contributed by atoms with Crippen LogP contribution < -0.4 is 0 Å². The van der Waals surface area contributed by atoms with E-state index in [-0.39, 0.29) is 4.83 Å². The summed E-state index contributed by atoms with van der Waals surface area (Å²) in [6.45, 7) is 4.07. The minimum absolute atomic E-state index is 0.0714. The number of halogens is 2. The highest BCUT2D eigenvalue weighted by Crippen LogP contribution is 2.36. The molecule has 0 aromatic heterocycles. The number of sulfone groups is 1. The van der Waals surface area contributed by atoms with Crippen molar-refractivity contribution in [2.45, 2.75) is 23.6 Å². The second-order valence-corrected chi connectivity index (χ2v) is 8.50. The van der Waals surface area contributed by atoms with E-state index < -0.39 is 9.84 Å². The maximum absolute atomic E-state index is 11.5. The topological polar surface area (TPSA) is 34.1 Å². The molecule has 0 heterocycles. The zero-order valence-electron chi connectivity index (χ0n) is 12.0. The van der Waals surface area contributed by atoms with Crippen molar-refractivity contribution in [2.75, 3.05) is 6.26 Å². The van der Waals surface area contributed by atoms with Gasteiger partial charge < -0.3 is 0 Å². The van der Waals surface area contributed by atoms with Crippen LogP contribution in [0.4, 0.5) is 0 Å². The molecule has 0 radical (unpaired) electrons. The van der Waals surface area contributed by atoms with E-state index in [1.165, 1.54) is 11.8 Å². The molecule has 1 unspecified atom stereocenters. The van der Waals surface area contributed by atoms with Gasteiger partial charge in [-0.15, -0.1) is 0 Å². The van der Waals surface area contributed by atoms with Crippen LogP contribution in [0.2, 0.25) is 5.02 Å². The summed E-state index contributed by atoms with van der Waals surface area (Å²) in [6.07, 6.45) is 1.20. The summed E-state index contributed by atoms with van der Waals surface area (Å²) in [5.74, 6) is 0. The van der Waals surface area contributed by atoms with Crippen LogP contribution in [0.25, 0.3) is 0 Å². The van der Waals surface area contributed by atoms with Gasteiger partial charge in [-0.1, -0.05) is 45.7 Å². The van der Waals surface area contributed by atoms with Gasteiger partial charge in [0.25, 0.3) is 0 Å². The van der Waals surface area contributed by atoms with Crippen molar-refractivity contribution in [3.8, 4) is 0 Å². The molecule has 2 aromatic rings. The molecule has 0 aliphatic rings. The molecule has 2 nitrogen and oxygen atoms in total. The van der Waals surface area contributed by atoms with E-state index in [0.717, 1.165) is 16.7 Å². The maximum atomic E-state index is 11.5. The van der Waals surface area contributed by atoms with E-state index >= 15 is 0 Å². The van der Waals surface area contributed by atoms with E-state index in [9.17, 15) is 8.42 Å². The summed E-state index contributed by atoms with van der Waals surface area (Å²) >= 11 is 9.97. The molecule has 2 rings (SSSR count). The van der Waals surface area contributed by atoms with Crippen molar-refractivity contribution in [1.82, 2.24) is 0 Å². The SMILES string of the molecule is Cc1cc(Cl)c(C(Br)c2ccc(S(C)(=O)=O)cc2)cc1C. The van der Waals surface area contributed by atoms with Crippen LogP contribution >= 0.6 is 27.5 Å². The molecular weight excluding hydrogens is 372 g/mol. The molecule has 0 saturated carbocycles. The van der Waals surface area contributed by atoms with Crippen LogP contribution in [0, 0.1) is 13.8 Å². The molecule has 21 heavy (non-hydrogen) atoms. The molecule has 1 atom stereocenters. The average Bonchev–Trinajstić information content (AvgIpc) is 2.41. The van der Waals surface area contributed by atoms with Crippen molar-refractivity contribution in [3.63, 3.8) is 0 Å². The van der Waals surface area contributed by atoms with Crippen LogP contribution in [0.1, 0.15) is 27.1 Å². The average molecular weight is 388 g/mol. The lowest BCUT2D eigenvalue weighted by Gasteiger charge is -2.15. The van der Waals surface area contributed by atoms with Crippen molar-refractivity contribution in [3.05, 3.63) is 63.7 Å². The van der Waals surface area contributed by atoms with Gasteiger partial charge in [0.1, 0.15) is 0 Å². The summed E-state index contributed by atoms with van der Waals surface area (Å²) in [5, 5.41) is 0.701. The fourth-order valence-electron chi connectivity index (χ4n) is 2.06. The van der Waals surface area contributed by atoms with Crippen LogP contribution in [0.5, 0.6) is 0 Å². The number of alkyl halides is 1. The first-order valence-corrected chi connectivity index (χ1v) is 9.59. The lowest BCUT2D eigenvalue weighted by atomic mass is 10.0. The standard InChI is InChI=1S/C16H16BrClO2S/c1-10-8-14(15(18)9-11(10)2)16(17)12-4-6-13(7-5-12)21(3,19)20/h4-9,16H,1-3H3. The second kappa shape index (κ2) is 6.11. The third-order valence-electron chi connectivity index (χ3n) is 3.49. The molecule has 0 N–H and O–H groups in total. The van der Waals surface area contributed by atoms with Gasteiger partial charge >= 0.3 is 0 Å². The minimum Gasteiger partial charge on any atom is -0.224 e.